The maximum atomic E-state index is 12.7. The minimum absolute atomic E-state index is 0.218. The molecule has 1 saturated carbocycles. The van der Waals surface area contributed by atoms with Crippen LogP contribution in [0.5, 0.6) is 0 Å². The summed E-state index contributed by atoms with van der Waals surface area (Å²) in [5.41, 5.74) is 3.38. The molecule has 1 aliphatic heterocycles. The summed E-state index contributed by atoms with van der Waals surface area (Å²) >= 11 is 0. The van der Waals surface area contributed by atoms with E-state index in [-0.39, 0.29) is 5.91 Å². The van der Waals surface area contributed by atoms with E-state index in [4.69, 9.17) is 0 Å². The van der Waals surface area contributed by atoms with Crippen molar-refractivity contribution in [2.24, 2.45) is 7.05 Å². The smallest absolute Gasteiger partial charge is 0.222 e. The quantitative estimate of drug-likeness (QED) is 0.845. The normalized spacial score (nSPS) is 17.5. The van der Waals surface area contributed by atoms with Crippen molar-refractivity contribution in [3.8, 4) is 0 Å². The Morgan fingerprint density at radius 2 is 1.96 bits per heavy atom. The van der Waals surface area contributed by atoms with Crippen molar-refractivity contribution in [2.45, 2.75) is 58.4 Å². The molecule has 4 rings (SSSR count). The summed E-state index contributed by atoms with van der Waals surface area (Å²) in [6.45, 7) is 6.30. The minimum Gasteiger partial charge on any atom is -0.340 e. The molecule has 2 aliphatic rings. The Hall–Kier alpha value is -2.18. The summed E-state index contributed by atoms with van der Waals surface area (Å²) in [6, 6.07) is 0. The van der Waals surface area contributed by atoms with Gasteiger partial charge in [0, 0.05) is 44.6 Å². The van der Waals surface area contributed by atoms with Gasteiger partial charge in [-0.1, -0.05) is 0 Å². The highest BCUT2D eigenvalue weighted by atomic mass is 16.2. The van der Waals surface area contributed by atoms with Gasteiger partial charge >= 0.3 is 0 Å². The number of aromatic nitrogens is 5. The molecule has 1 amide bonds. The zero-order valence-electron chi connectivity index (χ0n) is 15.3. The molecule has 0 unspecified atom stereocenters. The molecule has 0 saturated heterocycles. The molecule has 0 bridgehead atoms. The van der Waals surface area contributed by atoms with Crippen molar-refractivity contribution in [1.82, 2.24) is 29.4 Å². The van der Waals surface area contributed by atoms with Gasteiger partial charge in [0.05, 0.1) is 12.2 Å². The average molecular weight is 342 g/mol. The molecule has 0 atom stereocenters. The Labute approximate surface area is 148 Å². The van der Waals surface area contributed by atoms with Gasteiger partial charge < -0.3 is 4.90 Å². The third kappa shape index (κ3) is 3.19. The number of fused-ring (bicyclic) bond motifs is 1. The second-order valence-electron chi connectivity index (χ2n) is 7.29. The van der Waals surface area contributed by atoms with E-state index in [0.29, 0.717) is 12.3 Å². The van der Waals surface area contributed by atoms with Crippen LogP contribution in [-0.4, -0.2) is 48.4 Å². The van der Waals surface area contributed by atoms with Gasteiger partial charge in [0.25, 0.3) is 0 Å². The van der Waals surface area contributed by atoms with Crippen LogP contribution in [-0.2, 0) is 31.2 Å². The second-order valence-corrected chi connectivity index (χ2v) is 7.29. The third-order valence-electron chi connectivity index (χ3n) is 5.49. The van der Waals surface area contributed by atoms with Gasteiger partial charge in [0.2, 0.25) is 5.91 Å². The molecule has 2 aromatic rings. The van der Waals surface area contributed by atoms with E-state index in [1.54, 1.807) is 0 Å². The van der Waals surface area contributed by atoms with Crippen LogP contribution in [0.15, 0.2) is 0 Å². The zero-order chi connectivity index (χ0) is 17.6. The maximum absolute atomic E-state index is 12.7. The Bertz CT molecular complexity index is 775. The van der Waals surface area contributed by atoms with Crippen molar-refractivity contribution in [1.29, 1.82) is 0 Å². The SMILES string of the molecule is Cc1nn(C)c(C)c1CCC(=O)N1CCc2nc(C3CC3)nn2CC1. The Kier molecular flexibility index (Phi) is 4.09. The topological polar surface area (TPSA) is 68.8 Å². The van der Waals surface area contributed by atoms with Crippen molar-refractivity contribution >= 4 is 5.91 Å². The standard InChI is InChI=1S/C18H26N6O/c1-12-15(13(2)22(3)20-12)6-7-17(25)23-9-8-16-19-18(14-4-5-14)21-24(16)11-10-23/h14H,4-11H2,1-3H3. The van der Waals surface area contributed by atoms with Crippen molar-refractivity contribution in [3.63, 3.8) is 0 Å². The number of amides is 1. The molecule has 7 heteroatoms. The van der Waals surface area contributed by atoms with E-state index < -0.39 is 0 Å². The first-order valence-corrected chi connectivity index (χ1v) is 9.23. The van der Waals surface area contributed by atoms with E-state index in [1.165, 1.54) is 18.4 Å². The van der Waals surface area contributed by atoms with E-state index >= 15 is 0 Å². The average Bonchev–Trinajstić information content (AvgIpc) is 3.34. The predicted octanol–water partition coefficient (Wildman–Crippen LogP) is 1.52. The molecule has 0 N–H and O–H groups in total. The molecule has 134 valence electrons. The molecule has 1 aliphatic carbocycles. The summed E-state index contributed by atoms with van der Waals surface area (Å²) in [5, 5.41) is 9.08. The van der Waals surface area contributed by atoms with Crippen LogP contribution in [0, 0.1) is 13.8 Å². The van der Waals surface area contributed by atoms with Gasteiger partial charge in [-0.15, -0.1) is 0 Å². The number of hydrogen-bond donors (Lipinski definition) is 0. The molecule has 7 nitrogen and oxygen atoms in total. The van der Waals surface area contributed by atoms with Gasteiger partial charge in [-0.05, 0) is 38.7 Å². The molecular formula is C18H26N6O. The van der Waals surface area contributed by atoms with Crippen LogP contribution in [0.25, 0.3) is 0 Å². The highest BCUT2D eigenvalue weighted by Gasteiger charge is 2.30. The Balaban J connectivity index is 1.36. The first-order valence-electron chi connectivity index (χ1n) is 9.23. The lowest BCUT2D eigenvalue weighted by Gasteiger charge is -2.20. The summed E-state index contributed by atoms with van der Waals surface area (Å²) in [4.78, 5) is 19.3. The van der Waals surface area contributed by atoms with Gasteiger partial charge in [0.15, 0.2) is 5.82 Å². The van der Waals surface area contributed by atoms with Crippen molar-refractivity contribution in [3.05, 3.63) is 28.6 Å². The van der Waals surface area contributed by atoms with E-state index in [2.05, 4.69) is 22.1 Å². The number of aryl methyl sites for hydroxylation is 2. The number of carbonyl (C=O) groups excluding carboxylic acids is 1. The van der Waals surface area contributed by atoms with E-state index in [9.17, 15) is 4.79 Å². The monoisotopic (exact) mass is 342 g/mol. The number of hydrogen-bond acceptors (Lipinski definition) is 4. The van der Waals surface area contributed by atoms with Gasteiger partial charge in [-0.2, -0.15) is 10.2 Å². The first kappa shape index (κ1) is 16.3. The first-order chi connectivity index (χ1) is 12.0. The fourth-order valence-electron chi connectivity index (χ4n) is 3.65. The lowest BCUT2D eigenvalue weighted by Crippen LogP contribution is -2.34. The number of nitrogens with zero attached hydrogens (tertiary/aromatic N) is 6. The largest absolute Gasteiger partial charge is 0.340 e. The predicted molar refractivity (Wildman–Crippen MR) is 93.3 cm³/mol. The van der Waals surface area contributed by atoms with Gasteiger partial charge in [-0.3, -0.25) is 9.48 Å². The molecule has 0 spiro atoms. The fourth-order valence-corrected chi connectivity index (χ4v) is 3.65. The van der Waals surface area contributed by atoms with Crippen molar-refractivity contribution in [2.75, 3.05) is 13.1 Å². The molecule has 0 radical (unpaired) electrons. The van der Waals surface area contributed by atoms with Crippen LogP contribution >= 0.6 is 0 Å². The molecule has 2 aromatic heterocycles. The molecule has 3 heterocycles. The van der Waals surface area contributed by atoms with E-state index in [1.807, 2.05) is 28.2 Å². The third-order valence-corrected chi connectivity index (χ3v) is 5.49. The summed E-state index contributed by atoms with van der Waals surface area (Å²) < 4.78 is 3.90. The Morgan fingerprint density at radius 1 is 1.16 bits per heavy atom. The molecule has 0 aromatic carbocycles. The lowest BCUT2D eigenvalue weighted by atomic mass is 10.1. The maximum Gasteiger partial charge on any atom is 0.222 e. The molecule has 25 heavy (non-hydrogen) atoms. The van der Waals surface area contributed by atoms with Crippen LogP contribution in [0.3, 0.4) is 0 Å². The lowest BCUT2D eigenvalue weighted by molar-refractivity contribution is -0.131. The number of carbonyl (C=O) groups is 1. The number of rotatable bonds is 4. The highest BCUT2D eigenvalue weighted by molar-refractivity contribution is 5.76. The van der Waals surface area contributed by atoms with Gasteiger partial charge in [0.1, 0.15) is 5.82 Å². The second kappa shape index (κ2) is 6.28. The van der Waals surface area contributed by atoms with E-state index in [0.717, 1.165) is 55.5 Å². The molecular weight excluding hydrogens is 316 g/mol. The summed E-state index contributed by atoms with van der Waals surface area (Å²) in [6.07, 6.45) is 4.55. The zero-order valence-corrected chi connectivity index (χ0v) is 15.3. The Morgan fingerprint density at radius 3 is 2.64 bits per heavy atom. The van der Waals surface area contributed by atoms with Crippen LogP contribution in [0.2, 0.25) is 0 Å². The summed E-state index contributed by atoms with van der Waals surface area (Å²) in [7, 11) is 1.95. The van der Waals surface area contributed by atoms with Crippen LogP contribution in [0.4, 0.5) is 0 Å². The van der Waals surface area contributed by atoms with Crippen LogP contribution in [0.1, 0.15) is 53.8 Å². The minimum atomic E-state index is 0.218. The van der Waals surface area contributed by atoms with Crippen LogP contribution < -0.4 is 0 Å². The molecule has 1 fully saturated rings. The van der Waals surface area contributed by atoms with Crippen molar-refractivity contribution < 1.29 is 4.79 Å². The fraction of sp³-hybridized carbons (Fsp3) is 0.667. The van der Waals surface area contributed by atoms with Gasteiger partial charge in [-0.25, -0.2) is 9.67 Å². The summed E-state index contributed by atoms with van der Waals surface area (Å²) in [5.74, 6) is 2.85. The highest BCUT2D eigenvalue weighted by Crippen LogP contribution is 2.38.